The van der Waals surface area contributed by atoms with Gasteiger partial charge < -0.3 is 10.2 Å². The van der Waals surface area contributed by atoms with E-state index in [9.17, 15) is 8.78 Å². The second kappa shape index (κ2) is 4.58. The van der Waals surface area contributed by atoms with Crippen LogP contribution in [0.4, 0.5) is 8.78 Å². The summed E-state index contributed by atoms with van der Waals surface area (Å²) in [5, 5.41) is 0. The summed E-state index contributed by atoms with van der Waals surface area (Å²) in [7, 11) is 0. The van der Waals surface area contributed by atoms with Crippen molar-refractivity contribution in [2.45, 2.75) is 13.0 Å². The van der Waals surface area contributed by atoms with E-state index in [1.54, 1.807) is 12.1 Å². The van der Waals surface area contributed by atoms with Gasteiger partial charge in [0.1, 0.15) is 17.4 Å². The first-order valence-corrected chi connectivity index (χ1v) is 5.74. The maximum absolute atomic E-state index is 13.7. The SMILES string of the molecule is Cc1cc(F)c(C(N)c2ccc(Br)o2)cc1F. The molecule has 5 heteroatoms. The predicted octanol–water partition coefficient (Wildman–Crippen LogP) is 3.68. The van der Waals surface area contributed by atoms with Crippen molar-refractivity contribution >= 4 is 15.9 Å². The molecule has 1 heterocycles. The zero-order valence-corrected chi connectivity index (χ0v) is 10.6. The highest BCUT2D eigenvalue weighted by atomic mass is 79.9. The summed E-state index contributed by atoms with van der Waals surface area (Å²) in [4.78, 5) is 0. The van der Waals surface area contributed by atoms with Crippen LogP contribution in [0.3, 0.4) is 0 Å². The quantitative estimate of drug-likeness (QED) is 0.919. The molecule has 2 N–H and O–H groups in total. The number of furan rings is 1. The van der Waals surface area contributed by atoms with Gasteiger partial charge in [0.15, 0.2) is 4.67 Å². The molecule has 0 aliphatic carbocycles. The molecule has 0 aliphatic heterocycles. The molecule has 0 bridgehead atoms. The lowest BCUT2D eigenvalue weighted by Crippen LogP contribution is -2.13. The fourth-order valence-electron chi connectivity index (χ4n) is 1.55. The van der Waals surface area contributed by atoms with Crippen LogP contribution in [-0.4, -0.2) is 0 Å². The van der Waals surface area contributed by atoms with E-state index in [4.69, 9.17) is 10.2 Å². The number of nitrogens with two attached hydrogens (primary N) is 1. The Kier molecular flexibility index (Phi) is 3.31. The maximum Gasteiger partial charge on any atom is 0.169 e. The summed E-state index contributed by atoms with van der Waals surface area (Å²) in [5.74, 6) is -0.648. The van der Waals surface area contributed by atoms with Gasteiger partial charge in [-0.15, -0.1) is 0 Å². The van der Waals surface area contributed by atoms with Crippen LogP contribution in [0.1, 0.15) is 22.9 Å². The van der Waals surface area contributed by atoms with Gasteiger partial charge in [-0.25, -0.2) is 8.78 Å². The number of rotatable bonds is 2. The summed E-state index contributed by atoms with van der Waals surface area (Å²) in [6.45, 7) is 1.50. The van der Waals surface area contributed by atoms with Gasteiger partial charge in [-0.2, -0.15) is 0 Å². The molecule has 2 rings (SSSR count). The first kappa shape index (κ1) is 12.3. The lowest BCUT2D eigenvalue weighted by Gasteiger charge is -2.11. The molecule has 2 aromatic rings. The minimum Gasteiger partial charge on any atom is -0.452 e. The normalized spacial score (nSPS) is 12.8. The highest BCUT2D eigenvalue weighted by Gasteiger charge is 2.18. The molecule has 0 spiro atoms. The summed E-state index contributed by atoms with van der Waals surface area (Å²) >= 11 is 3.13. The van der Waals surface area contributed by atoms with E-state index in [1.165, 1.54) is 6.92 Å². The van der Waals surface area contributed by atoms with Crippen molar-refractivity contribution in [3.05, 3.63) is 57.5 Å². The van der Waals surface area contributed by atoms with Crippen LogP contribution in [0.5, 0.6) is 0 Å². The van der Waals surface area contributed by atoms with Crippen LogP contribution >= 0.6 is 15.9 Å². The second-order valence-corrected chi connectivity index (χ2v) is 4.52. The molecule has 2 nitrogen and oxygen atoms in total. The zero-order chi connectivity index (χ0) is 12.6. The first-order chi connectivity index (χ1) is 7.99. The number of halogens is 3. The molecule has 0 radical (unpaired) electrons. The smallest absolute Gasteiger partial charge is 0.169 e. The molecular weight excluding hydrogens is 292 g/mol. The van der Waals surface area contributed by atoms with Crippen molar-refractivity contribution in [2.75, 3.05) is 0 Å². The van der Waals surface area contributed by atoms with E-state index in [2.05, 4.69) is 15.9 Å². The highest BCUT2D eigenvalue weighted by molar-refractivity contribution is 9.10. The summed E-state index contributed by atoms with van der Waals surface area (Å²) in [5.41, 5.74) is 6.16. The molecule has 0 saturated heterocycles. The number of hydrogen-bond donors (Lipinski definition) is 1. The molecule has 0 fully saturated rings. The predicted molar refractivity (Wildman–Crippen MR) is 63.5 cm³/mol. The molecule has 0 aliphatic rings. The van der Waals surface area contributed by atoms with Crippen molar-refractivity contribution in [1.82, 2.24) is 0 Å². The van der Waals surface area contributed by atoms with Gasteiger partial charge >= 0.3 is 0 Å². The van der Waals surface area contributed by atoms with E-state index < -0.39 is 17.7 Å². The van der Waals surface area contributed by atoms with Crippen molar-refractivity contribution in [1.29, 1.82) is 0 Å². The monoisotopic (exact) mass is 301 g/mol. The molecular formula is C12H10BrF2NO. The average molecular weight is 302 g/mol. The fourth-order valence-corrected chi connectivity index (χ4v) is 1.87. The van der Waals surface area contributed by atoms with Gasteiger partial charge in [0.05, 0.1) is 6.04 Å². The largest absolute Gasteiger partial charge is 0.452 e. The Bertz CT molecular complexity index is 553. The molecule has 17 heavy (non-hydrogen) atoms. The number of benzene rings is 1. The molecule has 0 amide bonds. The third-order valence-corrected chi connectivity index (χ3v) is 2.94. The summed E-state index contributed by atoms with van der Waals surface area (Å²) in [6.07, 6.45) is 0. The van der Waals surface area contributed by atoms with E-state index in [0.29, 0.717) is 10.4 Å². The van der Waals surface area contributed by atoms with Crippen LogP contribution in [0, 0.1) is 18.6 Å². The molecule has 0 saturated carbocycles. The first-order valence-electron chi connectivity index (χ1n) is 4.95. The van der Waals surface area contributed by atoms with Crippen LogP contribution in [-0.2, 0) is 0 Å². The van der Waals surface area contributed by atoms with Crippen molar-refractivity contribution < 1.29 is 13.2 Å². The van der Waals surface area contributed by atoms with Crippen molar-refractivity contribution in [3.63, 3.8) is 0 Å². The Morgan fingerprint density at radius 2 is 1.94 bits per heavy atom. The Morgan fingerprint density at radius 3 is 2.53 bits per heavy atom. The third kappa shape index (κ3) is 2.40. The van der Waals surface area contributed by atoms with Gasteiger partial charge in [-0.1, -0.05) is 0 Å². The Balaban J connectivity index is 2.43. The van der Waals surface area contributed by atoms with Gasteiger partial charge in [0, 0.05) is 5.56 Å². The molecule has 1 unspecified atom stereocenters. The van der Waals surface area contributed by atoms with E-state index >= 15 is 0 Å². The van der Waals surface area contributed by atoms with Gasteiger partial charge in [-0.05, 0) is 52.7 Å². The Hall–Kier alpha value is -1.20. The van der Waals surface area contributed by atoms with Crippen molar-refractivity contribution in [3.8, 4) is 0 Å². The zero-order valence-electron chi connectivity index (χ0n) is 9.01. The van der Waals surface area contributed by atoms with E-state index in [-0.39, 0.29) is 11.1 Å². The van der Waals surface area contributed by atoms with Gasteiger partial charge in [0.2, 0.25) is 0 Å². The number of aryl methyl sites for hydroxylation is 1. The van der Waals surface area contributed by atoms with Crippen LogP contribution in [0.15, 0.2) is 33.4 Å². The van der Waals surface area contributed by atoms with Crippen LogP contribution in [0.25, 0.3) is 0 Å². The minimum atomic E-state index is -0.823. The highest BCUT2D eigenvalue weighted by Crippen LogP contribution is 2.27. The maximum atomic E-state index is 13.7. The standard InChI is InChI=1S/C12H10BrF2NO/c1-6-4-9(15)7(5-8(6)14)12(16)10-2-3-11(13)17-10/h2-5,12H,16H2,1H3. The molecule has 1 aromatic heterocycles. The molecule has 1 atom stereocenters. The van der Waals surface area contributed by atoms with E-state index in [0.717, 1.165) is 12.1 Å². The topological polar surface area (TPSA) is 39.2 Å². The Morgan fingerprint density at radius 1 is 1.24 bits per heavy atom. The number of hydrogen-bond acceptors (Lipinski definition) is 2. The van der Waals surface area contributed by atoms with Crippen molar-refractivity contribution in [2.24, 2.45) is 5.73 Å². The lowest BCUT2D eigenvalue weighted by atomic mass is 10.0. The van der Waals surface area contributed by atoms with Gasteiger partial charge in [0.25, 0.3) is 0 Å². The van der Waals surface area contributed by atoms with Crippen LogP contribution in [0.2, 0.25) is 0 Å². The summed E-state index contributed by atoms with van der Waals surface area (Å²) < 4.78 is 32.8. The molecule has 90 valence electrons. The minimum absolute atomic E-state index is 0.0787. The third-order valence-electron chi connectivity index (χ3n) is 2.51. The van der Waals surface area contributed by atoms with E-state index in [1.807, 2.05) is 0 Å². The second-order valence-electron chi connectivity index (χ2n) is 3.74. The van der Waals surface area contributed by atoms with Crippen LogP contribution < -0.4 is 5.73 Å². The average Bonchev–Trinajstić information content (AvgIpc) is 2.69. The van der Waals surface area contributed by atoms with Gasteiger partial charge in [-0.3, -0.25) is 0 Å². The fraction of sp³-hybridized carbons (Fsp3) is 0.167. The summed E-state index contributed by atoms with van der Waals surface area (Å²) in [6, 6.07) is 4.68. The Labute approximate surface area is 106 Å². The molecule has 1 aromatic carbocycles. The lowest BCUT2D eigenvalue weighted by molar-refractivity contribution is 0.461.